The van der Waals surface area contributed by atoms with E-state index >= 15 is 0 Å². The summed E-state index contributed by atoms with van der Waals surface area (Å²) in [7, 11) is 0. The fourth-order valence-electron chi connectivity index (χ4n) is 15.4. The molecule has 2 heterocycles. The number of hydrogen-bond donors (Lipinski definition) is 0. The van der Waals surface area contributed by atoms with Crippen molar-refractivity contribution in [2.45, 2.75) is 162 Å². The molecule has 8 aromatic rings. The third-order valence-electron chi connectivity index (χ3n) is 19.7. The molecule has 0 atom stereocenters. The molecular formula is C73H78BN3. The van der Waals surface area contributed by atoms with Crippen molar-refractivity contribution in [3.05, 3.63) is 202 Å². The smallest absolute Gasteiger partial charge is 0.252 e. The Hall–Kier alpha value is -6.78. The normalized spacial score (nSPS) is 19.1. The number of rotatable bonds is 6. The summed E-state index contributed by atoms with van der Waals surface area (Å²) >= 11 is 0. The van der Waals surface area contributed by atoms with Gasteiger partial charge in [0.1, 0.15) is 0 Å². The Kier molecular flexibility index (Phi) is 10.9. The van der Waals surface area contributed by atoms with Crippen LogP contribution in [0.4, 0.5) is 51.2 Å². The van der Waals surface area contributed by atoms with Crippen molar-refractivity contribution in [2.75, 3.05) is 14.7 Å². The van der Waals surface area contributed by atoms with Gasteiger partial charge in [-0.25, -0.2) is 0 Å². The molecule has 4 heteroatoms. The molecule has 3 nitrogen and oxygen atoms in total. The van der Waals surface area contributed by atoms with E-state index in [2.05, 4.69) is 269 Å². The van der Waals surface area contributed by atoms with Crippen LogP contribution in [0.15, 0.2) is 158 Å². The summed E-state index contributed by atoms with van der Waals surface area (Å²) in [5.74, 6) is 0. The highest BCUT2D eigenvalue weighted by Gasteiger charge is 2.49. The van der Waals surface area contributed by atoms with Gasteiger partial charge in [0.25, 0.3) is 6.71 Å². The number of benzene rings is 8. The molecule has 0 spiro atoms. The number of aryl methyl sites for hydroxylation is 2. The molecule has 0 radical (unpaired) electrons. The van der Waals surface area contributed by atoms with Crippen LogP contribution in [0.5, 0.6) is 0 Å². The number of anilines is 9. The molecule has 0 saturated heterocycles. The van der Waals surface area contributed by atoms with Crippen LogP contribution in [0.3, 0.4) is 0 Å². The Bertz CT molecular complexity index is 3670. The second kappa shape index (κ2) is 16.9. The second-order valence-corrected chi connectivity index (χ2v) is 28.0. The number of para-hydroxylation sites is 2. The molecule has 0 aromatic heterocycles. The minimum atomic E-state index is -0.0540. The molecule has 2 aliphatic heterocycles. The van der Waals surface area contributed by atoms with E-state index in [4.69, 9.17) is 0 Å². The number of hydrogen-bond acceptors (Lipinski definition) is 3. The van der Waals surface area contributed by atoms with Gasteiger partial charge in [-0.05, 0) is 211 Å². The van der Waals surface area contributed by atoms with Gasteiger partial charge in [-0.15, -0.1) is 0 Å². The van der Waals surface area contributed by atoms with E-state index < -0.39 is 0 Å². The van der Waals surface area contributed by atoms with E-state index in [0.29, 0.717) is 0 Å². The van der Waals surface area contributed by atoms with Crippen LogP contribution >= 0.6 is 0 Å². The molecule has 0 fully saturated rings. The maximum atomic E-state index is 2.76. The van der Waals surface area contributed by atoms with Crippen LogP contribution in [0.25, 0.3) is 11.1 Å². The van der Waals surface area contributed by atoms with E-state index in [1.54, 1.807) is 0 Å². The minimum absolute atomic E-state index is 0.00329. The first kappa shape index (κ1) is 49.8. The Morgan fingerprint density at radius 1 is 0.338 bits per heavy atom. The molecule has 0 saturated carbocycles. The van der Waals surface area contributed by atoms with E-state index in [1.165, 1.54) is 113 Å². The molecule has 77 heavy (non-hydrogen) atoms. The van der Waals surface area contributed by atoms with E-state index in [-0.39, 0.29) is 39.2 Å². The van der Waals surface area contributed by atoms with Crippen LogP contribution < -0.4 is 31.1 Å². The Morgan fingerprint density at radius 3 is 1.22 bits per heavy atom. The average Bonchev–Trinajstić information content (AvgIpc) is 3.67. The zero-order valence-electron chi connectivity index (χ0n) is 48.5. The first-order chi connectivity index (χ1) is 36.5. The highest BCUT2D eigenvalue weighted by molar-refractivity contribution is 7.00. The van der Waals surface area contributed by atoms with Gasteiger partial charge in [-0.2, -0.15) is 0 Å². The van der Waals surface area contributed by atoms with Gasteiger partial charge in [0.15, 0.2) is 0 Å². The quantitative estimate of drug-likeness (QED) is 0.154. The molecule has 3 aliphatic carbocycles. The van der Waals surface area contributed by atoms with Gasteiger partial charge in [0, 0.05) is 45.5 Å². The molecule has 8 aromatic carbocycles. The molecule has 0 bridgehead atoms. The third kappa shape index (κ3) is 7.65. The largest absolute Gasteiger partial charge is 0.311 e. The monoisotopic (exact) mass is 1010 g/mol. The van der Waals surface area contributed by atoms with Crippen molar-refractivity contribution in [1.29, 1.82) is 0 Å². The lowest BCUT2D eigenvalue weighted by Crippen LogP contribution is -2.62. The topological polar surface area (TPSA) is 9.72 Å². The first-order valence-corrected chi connectivity index (χ1v) is 28.8. The molecule has 5 aliphatic rings. The zero-order chi connectivity index (χ0) is 53.9. The van der Waals surface area contributed by atoms with Gasteiger partial charge in [-0.3, -0.25) is 0 Å². The Labute approximate surface area is 461 Å². The molecule has 0 amide bonds. The average molecular weight is 1010 g/mol. The fourth-order valence-corrected chi connectivity index (χ4v) is 15.4. The summed E-state index contributed by atoms with van der Waals surface area (Å²) in [6.07, 6.45) is 5.75. The van der Waals surface area contributed by atoms with Crippen molar-refractivity contribution < 1.29 is 0 Å². The zero-order valence-corrected chi connectivity index (χ0v) is 48.5. The van der Waals surface area contributed by atoms with Crippen LogP contribution in [0.2, 0.25) is 0 Å². The molecule has 388 valence electrons. The van der Waals surface area contributed by atoms with Crippen LogP contribution in [0, 0.1) is 13.8 Å². The predicted molar refractivity (Wildman–Crippen MR) is 331 cm³/mol. The highest BCUT2D eigenvalue weighted by atomic mass is 15.2. The van der Waals surface area contributed by atoms with Gasteiger partial charge in [0.05, 0.1) is 5.69 Å². The summed E-state index contributed by atoms with van der Waals surface area (Å²) in [6, 6.07) is 61.5. The second-order valence-electron chi connectivity index (χ2n) is 28.0. The third-order valence-corrected chi connectivity index (χ3v) is 19.7. The Morgan fingerprint density at radius 2 is 0.727 bits per heavy atom. The van der Waals surface area contributed by atoms with Crippen LogP contribution in [0.1, 0.15) is 160 Å². The van der Waals surface area contributed by atoms with E-state index in [0.717, 1.165) is 42.7 Å². The summed E-state index contributed by atoms with van der Waals surface area (Å²) in [5.41, 5.74) is 29.3. The highest BCUT2D eigenvalue weighted by Crippen LogP contribution is 2.57. The van der Waals surface area contributed by atoms with Crippen molar-refractivity contribution in [3.8, 4) is 11.1 Å². The van der Waals surface area contributed by atoms with Crippen LogP contribution in [-0.4, -0.2) is 6.71 Å². The van der Waals surface area contributed by atoms with Gasteiger partial charge >= 0.3 is 0 Å². The standard InChI is InChI=1S/C73H78BN3/c1-46-36-53-56(70(7,8)34-32-68(53,3)4)42-62(46)76-61-31-30-49(48-24-18-15-19-25-48)38-59(61)74-60-41-55-57(71(9,10)35-33-69(55,5)6)44-64(60)77(63-43-58-54(37-47(63)2)72(11,12)45-73(58,13)14)66-40-52(39-65(76)67(66)74)75(50-26-20-16-21-27-50)51-28-22-17-23-29-51/h15-31,36-44H,32-35,45H2,1-14H3. The minimum Gasteiger partial charge on any atom is -0.311 e. The maximum Gasteiger partial charge on any atom is 0.252 e. The van der Waals surface area contributed by atoms with Crippen molar-refractivity contribution in [3.63, 3.8) is 0 Å². The van der Waals surface area contributed by atoms with Gasteiger partial charge in [0.2, 0.25) is 0 Å². The Balaban J connectivity index is 1.21. The van der Waals surface area contributed by atoms with Crippen molar-refractivity contribution >= 4 is 74.3 Å². The lowest BCUT2D eigenvalue weighted by molar-refractivity contribution is 0.332. The van der Waals surface area contributed by atoms with Gasteiger partial charge < -0.3 is 14.7 Å². The number of nitrogens with zero attached hydrogens (tertiary/aromatic N) is 3. The summed E-state index contributed by atoms with van der Waals surface area (Å²) in [6.45, 7) is 34.5. The van der Waals surface area contributed by atoms with Crippen molar-refractivity contribution in [2.24, 2.45) is 0 Å². The van der Waals surface area contributed by atoms with Gasteiger partial charge in [-0.1, -0.05) is 180 Å². The lowest BCUT2D eigenvalue weighted by Gasteiger charge is -2.48. The molecule has 0 N–H and O–H groups in total. The van der Waals surface area contributed by atoms with E-state index in [9.17, 15) is 0 Å². The fraction of sp³-hybridized carbons (Fsp3) is 0.342. The lowest BCUT2D eigenvalue weighted by atomic mass is 9.33. The molecule has 13 rings (SSSR count). The maximum absolute atomic E-state index is 2.76. The number of fused-ring (bicyclic) bond motifs is 7. The summed E-state index contributed by atoms with van der Waals surface area (Å²) in [5, 5.41) is 0. The summed E-state index contributed by atoms with van der Waals surface area (Å²) < 4.78 is 0. The SMILES string of the molecule is Cc1cc2c(cc1N1c3ccc(-c4ccccc4)cc3B3c4cc5c(cc4N(c4cc6c(cc4C)C(C)(C)CC6(C)C)c4cc(N(c6ccccc6)c6ccccc6)cc1c43)C(C)(C)CCC5(C)C)C(C)(C)CCC2(C)C. The predicted octanol–water partition coefficient (Wildman–Crippen LogP) is 18.2. The summed E-state index contributed by atoms with van der Waals surface area (Å²) in [4.78, 5) is 7.96. The van der Waals surface area contributed by atoms with Crippen molar-refractivity contribution in [1.82, 2.24) is 0 Å². The molecule has 0 unspecified atom stereocenters. The first-order valence-electron chi connectivity index (χ1n) is 28.8. The molecular weight excluding hydrogens is 930 g/mol. The van der Waals surface area contributed by atoms with Crippen LogP contribution in [-0.2, 0) is 32.5 Å². The van der Waals surface area contributed by atoms with E-state index in [1.807, 2.05) is 0 Å².